The Morgan fingerprint density at radius 3 is 2.95 bits per heavy atom. The van der Waals surface area contributed by atoms with Crippen molar-refractivity contribution in [1.82, 2.24) is 4.90 Å². The van der Waals surface area contributed by atoms with E-state index >= 15 is 0 Å². The number of ether oxygens (including phenoxy) is 2. The van der Waals surface area contributed by atoms with Crippen molar-refractivity contribution in [2.24, 2.45) is 0 Å². The van der Waals surface area contributed by atoms with Gasteiger partial charge < -0.3 is 14.6 Å². The van der Waals surface area contributed by atoms with Crippen LogP contribution in [0, 0.1) is 0 Å². The number of rotatable bonds is 5. The van der Waals surface area contributed by atoms with Crippen LogP contribution in [0.4, 0.5) is 0 Å². The number of halogens is 1. The Bertz CT molecular complexity index is 518. The zero-order chi connectivity index (χ0) is 15.5. The fourth-order valence-electron chi connectivity index (χ4n) is 2.60. The third-order valence-corrected chi connectivity index (χ3v) is 4.30. The smallest absolute Gasteiger partial charge is 0.335 e. The third kappa shape index (κ3) is 4.26. The van der Waals surface area contributed by atoms with Crippen LogP contribution in [0.3, 0.4) is 0 Å². The first-order valence-electron chi connectivity index (χ1n) is 6.80. The largest absolute Gasteiger partial charge is 0.478 e. The molecule has 0 bridgehead atoms. The maximum absolute atomic E-state index is 10.9. The molecule has 6 heteroatoms. The Labute approximate surface area is 133 Å². The van der Waals surface area contributed by atoms with Crippen molar-refractivity contribution in [2.45, 2.75) is 19.1 Å². The maximum atomic E-state index is 10.9. The summed E-state index contributed by atoms with van der Waals surface area (Å²) in [4.78, 5) is 13.2. The molecule has 1 atom stereocenters. The Hall–Kier alpha value is -0.950. The lowest BCUT2D eigenvalue weighted by atomic mass is 10.0. The van der Waals surface area contributed by atoms with E-state index in [4.69, 9.17) is 14.6 Å². The molecule has 1 unspecified atom stereocenters. The van der Waals surface area contributed by atoms with E-state index in [0.29, 0.717) is 13.2 Å². The number of aromatic carboxylic acids is 1. The average Bonchev–Trinajstić information content (AvgIpc) is 2.41. The molecule has 0 aliphatic carbocycles. The first kappa shape index (κ1) is 16.4. The minimum Gasteiger partial charge on any atom is -0.478 e. The van der Waals surface area contributed by atoms with E-state index in [0.717, 1.165) is 29.7 Å². The number of hydrogen-bond acceptors (Lipinski definition) is 4. The molecule has 0 radical (unpaired) electrons. The molecule has 1 aromatic carbocycles. The van der Waals surface area contributed by atoms with Crippen LogP contribution in [-0.4, -0.2) is 55.0 Å². The molecule has 1 fully saturated rings. The molecule has 1 saturated heterocycles. The molecule has 1 aliphatic heterocycles. The van der Waals surface area contributed by atoms with E-state index in [1.807, 2.05) is 13.0 Å². The van der Waals surface area contributed by atoms with Gasteiger partial charge in [-0.3, -0.25) is 4.90 Å². The molecule has 5 nitrogen and oxygen atoms in total. The van der Waals surface area contributed by atoms with Crippen molar-refractivity contribution in [3.8, 4) is 0 Å². The van der Waals surface area contributed by atoms with E-state index < -0.39 is 5.97 Å². The Kier molecular flexibility index (Phi) is 5.37. The molecule has 1 heterocycles. The summed E-state index contributed by atoms with van der Waals surface area (Å²) in [7, 11) is 1.68. The van der Waals surface area contributed by atoms with Gasteiger partial charge >= 0.3 is 5.97 Å². The summed E-state index contributed by atoms with van der Waals surface area (Å²) in [6, 6.07) is 5.14. The molecule has 1 aromatic rings. The molecule has 0 aromatic heterocycles. The normalized spacial score (nSPS) is 23.2. The van der Waals surface area contributed by atoms with Gasteiger partial charge in [-0.1, -0.05) is 22.0 Å². The lowest BCUT2D eigenvalue weighted by Gasteiger charge is -2.40. The van der Waals surface area contributed by atoms with Gasteiger partial charge in [0.15, 0.2) is 0 Å². The second-order valence-corrected chi connectivity index (χ2v) is 6.41. The number of morpholine rings is 1. The minimum absolute atomic E-state index is 0.289. The Morgan fingerprint density at radius 1 is 1.57 bits per heavy atom. The number of nitrogens with zero attached hydrogens (tertiary/aromatic N) is 1. The summed E-state index contributed by atoms with van der Waals surface area (Å²) >= 11 is 3.46. The van der Waals surface area contributed by atoms with Crippen LogP contribution in [0.15, 0.2) is 22.7 Å². The van der Waals surface area contributed by atoms with E-state index in [1.165, 1.54) is 0 Å². The van der Waals surface area contributed by atoms with Gasteiger partial charge in [0, 0.05) is 31.2 Å². The summed E-state index contributed by atoms with van der Waals surface area (Å²) < 4.78 is 11.8. The van der Waals surface area contributed by atoms with E-state index in [1.54, 1.807) is 19.2 Å². The molecule has 116 valence electrons. The summed E-state index contributed by atoms with van der Waals surface area (Å²) in [5.41, 5.74) is 1.07. The first-order valence-corrected chi connectivity index (χ1v) is 7.60. The number of hydrogen-bond donors (Lipinski definition) is 1. The lowest BCUT2D eigenvalue weighted by Crippen LogP contribution is -2.52. The van der Waals surface area contributed by atoms with Gasteiger partial charge in [0.25, 0.3) is 0 Å². The first-order chi connectivity index (χ1) is 9.93. The quantitative estimate of drug-likeness (QED) is 0.876. The number of carbonyl (C=O) groups is 1. The molecule has 1 aliphatic rings. The van der Waals surface area contributed by atoms with Gasteiger partial charge in [0.05, 0.1) is 18.8 Å². The summed E-state index contributed by atoms with van der Waals surface area (Å²) in [5.74, 6) is -0.915. The Morgan fingerprint density at radius 2 is 2.33 bits per heavy atom. The second kappa shape index (κ2) is 6.87. The highest BCUT2D eigenvalue weighted by molar-refractivity contribution is 9.10. The van der Waals surface area contributed by atoms with Gasteiger partial charge in [-0.05, 0) is 24.6 Å². The van der Waals surface area contributed by atoms with Crippen LogP contribution in [-0.2, 0) is 16.0 Å². The fourth-order valence-corrected chi connectivity index (χ4v) is 3.10. The molecule has 0 spiro atoms. The Balaban J connectivity index is 2.06. The average molecular weight is 358 g/mol. The molecule has 0 amide bonds. The van der Waals surface area contributed by atoms with E-state index in [2.05, 4.69) is 20.8 Å². The van der Waals surface area contributed by atoms with Crippen LogP contribution in [0.2, 0.25) is 0 Å². The van der Waals surface area contributed by atoms with Crippen molar-refractivity contribution in [1.29, 1.82) is 0 Å². The zero-order valence-electron chi connectivity index (χ0n) is 12.3. The standard InChI is InChI=1S/C15H20BrNO4/c1-15(10-20-2)9-17(5-6-21-15)8-12-4-3-11(14(18)19)7-13(12)16/h3-4,7H,5-6,8-10H2,1-2H3,(H,18,19). The van der Waals surface area contributed by atoms with Crippen molar-refractivity contribution < 1.29 is 19.4 Å². The summed E-state index contributed by atoms with van der Waals surface area (Å²) in [5, 5.41) is 8.99. The van der Waals surface area contributed by atoms with E-state index in [-0.39, 0.29) is 11.2 Å². The number of carboxylic acids is 1. The number of carboxylic acid groups (broad SMARTS) is 1. The van der Waals surface area contributed by atoms with Crippen LogP contribution in [0.5, 0.6) is 0 Å². The molecule has 21 heavy (non-hydrogen) atoms. The number of methoxy groups -OCH3 is 1. The predicted octanol–water partition coefficient (Wildman–Crippen LogP) is 2.38. The van der Waals surface area contributed by atoms with Crippen molar-refractivity contribution in [3.05, 3.63) is 33.8 Å². The lowest BCUT2D eigenvalue weighted by molar-refractivity contribution is -0.129. The SMILES string of the molecule is COCC1(C)CN(Cc2ccc(C(=O)O)cc2Br)CCO1. The van der Waals surface area contributed by atoms with E-state index in [9.17, 15) is 4.79 Å². The van der Waals surface area contributed by atoms with Crippen LogP contribution < -0.4 is 0 Å². The zero-order valence-corrected chi connectivity index (χ0v) is 13.9. The highest BCUT2D eigenvalue weighted by atomic mass is 79.9. The number of benzene rings is 1. The van der Waals surface area contributed by atoms with Crippen LogP contribution in [0.1, 0.15) is 22.8 Å². The highest BCUT2D eigenvalue weighted by Gasteiger charge is 2.32. The summed E-state index contributed by atoms with van der Waals surface area (Å²) in [6.45, 7) is 5.67. The summed E-state index contributed by atoms with van der Waals surface area (Å²) in [6.07, 6.45) is 0. The molecular formula is C15H20BrNO4. The van der Waals surface area contributed by atoms with Gasteiger partial charge in [-0.2, -0.15) is 0 Å². The fraction of sp³-hybridized carbons (Fsp3) is 0.533. The van der Waals surface area contributed by atoms with Gasteiger partial charge in [-0.15, -0.1) is 0 Å². The van der Waals surface area contributed by atoms with Gasteiger partial charge in [-0.25, -0.2) is 4.79 Å². The monoisotopic (exact) mass is 357 g/mol. The predicted molar refractivity (Wildman–Crippen MR) is 82.6 cm³/mol. The second-order valence-electron chi connectivity index (χ2n) is 5.55. The van der Waals surface area contributed by atoms with Crippen molar-refractivity contribution in [2.75, 3.05) is 33.4 Å². The van der Waals surface area contributed by atoms with Crippen LogP contribution >= 0.6 is 15.9 Å². The molecule has 1 N–H and O–H groups in total. The highest BCUT2D eigenvalue weighted by Crippen LogP contribution is 2.24. The molecular weight excluding hydrogens is 338 g/mol. The van der Waals surface area contributed by atoms with Gasteiger partial charge in [0.2, 0.25) is 0 Å². The third-order valence-electron chi connectivity index (χ3n) is 3.56. The van der Waals surface area contributed by atoms with Crippen molar-refractivity contribution >= 4 is 21.9 Å². The van der Waals surface area contributed by atoms with Gasteiger partial charge in [0.1, 0.15) is 5.60 Å². The molecule has 2 rings (SSSR count). The molecule has 0 saturated carbocycles. The van der Waals surface area contributed by atoms with Crippen molar-refractivity contribution in [3.63, 3.8) is 0 Å². The minimum atomic E-state index is -0.915. The topological polar surface area (TPSA) is 59.0 Å². The maximum Gasteiger partial charge on any atom is 0.335 e. The van der Waals surface area contributed by atoms with Crippen LogP contribution in [0.25, 0.3) is 0 Å².